The van der Waals surface area contributed by atoms with E-state index in [-0.39, 0.29) is 12.3 Å². The molecule has 0 bridgehead atoms. The second-order valence-electron chi connectivity index (χ2n) is 5.69. The zero-order valence-corrected chi connectivity index (χ0v) is 16.0. The number of hydrogen-bond donors (Lipinski definition) is 2. The van der Waals surface area contributed by atoms with E-state index in [4.69, 9.17) is 9.47 Å². The topological polar surface area (TPSA) is 83.4 Å². The van der Waals surface area contributed by atoms with E-state index in [2.05, 4.69) is 10.3 Å². The third-order valence-corrected chi connectivity index (χ3v) is 4.87. The first-order valence-electron chi connectivity index (χ1n) is 8.06. The first-order chi connectivity index (χ1) is 12.4. The Morgan fingerprint density at radius 2 is 2.23 bits per heavy atom. The van der Waals surface area contributed by atoms with Crippen LogP contribution in [-0.4, -0.2) is 58.9 Å². The Kier molecular flexibility index (Phi) is 7.13. The zero-order valence-electron chi connectivity index (χ0n) is 15.2. The Bertz CT molecular complexity index is 726. The largest absolute Gasteiger partial charge is 0.494 e. The SMILES string of the molecule is CCOC(O)C1=CN(C)C(S(C)=O)NC1=NCc1ccc(OC)c(F)c1. The van der Waals surface area contributed by atoms with Crippen molar-refractivity contribution in [3.8, 4) is 5.75 Å². The van der Waals surface area contributed by atoms with Crippen molar-refractivity contribution in [2.75, 3.05) is 27.0 Å². The third-order valence-electron chi connectivity index (χ3n) is 3.79. The molecule has 9 heteroatoms. The van der Waals surface area contributed by atoms with E-state index >= 15 is 0 Å². The molecule has 0 fully saturated rings. The Hall–Kier alpha value is -1.97. The predicted molar refractivity (Wildman–Crippen MR) is 98.6 cm³/mol. The fraction of sp³-hybridized carbons (Fsp3) is 0.471. The maximum absolute atomic E-state index is 13.8. The minimum Gasteiger partial charge on any atom is -0.494 e. The van der Waals surface area contributed by atoms with Gasteiger partial charge in [0.2, 0.25) is 0 Å². The van der Waals surface area contributed by atoms with E-state index in [1.54, 1.807) is 37.4 Å². The van der Waals surface area contributed by atoms with Crippen molar-refractivity contribution >= 4 is 16.6 Å². The standard InChI is InChI=1S/C17H24FN3O4S/c1-5-25-16(22)12-10-21(2)17(26(4)23)20-15(12)19-9-11-6-7-14(24-3)13(18)8-11/h6-8,10,16-17,22H,5,9H2,1-4H3,(H,19,20). The van der Waals surface area contributed by atoms with E-state index < -0.39 is 28.4 Å². The minimum atomic E-state index is -1.20. The number of aliphatic hydroxyl groups is 1. The van der Waals surface area contributed by atoms with Crippen LogP contribution in [0.3, 0.4) is 0 Å². The van der Waals surface area contributed by atoms with Gasteiger partial charge in [-0.05, 0) is 24.6 Å². The first-order valence-corrected chi connectivity index (χ1v) is 9.68. The summed E-state index contributed by atoms with van der Waals surface area (Å²) in [5.41, 5.74) is 0.569. The van der Waals surface area contributed by atoms with Crippen LogP contribution >= 0.6 is 0 Å². The third kappa shape index (κ3) is 4.80. The van der Waals surface area contributed by atoms with Gasteiger partial charge in [-0.3, -0.25) is 9.20 Å². The molecule has 0 spiro atoms. The fourth-order valence-corrected chi connectivity index (χ4v) is 3.32. The van der Waals surface area contributed by atoms with Crippen LogP contribution in [0.2, 0.25) is 0 Å². The van der Waals surface area contributed by atoms with Gasteiger partial charge >= 0.3 is 0 Å². The predicted octanol–water partition coefficient (Wildman–Crippen LogP) is 1.17. The highest BCUT2D eigenvalue weighted by atomic mass is 32.2. The van der Waals surface area contributed by atoms with Crippen LogP contribution in [0.15, 0.2) is 35.0 Å². The molecule has 0 saturated heterocycles. The number of methoxy groups -OCH3 is 1. The Balaban J connectivity index is 2.29. The van der Waals surface area contributed by atoms with Gasteiger partial charge in [0, 0.05) is 26.1 Å². The van der Waals surface area contributed by atoms with Gasteiger partial charge in [0.1, 0.15) is 5.84 Å². The van der Waals surface area contributed by atoms with Crippen LogP contribution in [0.1, 0.15) is 12.5 Å². The fourth-order valence-electron chi connectivity index (χ4n) is 2.51. The van der Waals surface area contributed by atoms with Crippen LogP contribution < -0.4 is 10.1 Å². The van der Waals surface area contributed by atoms with Gasteiger partial charge in [-0.2, -0.15) is 0 Å². The van der Waals surface area contributed by atoms with Crippen molar-refractivity contribution < 1.29 is 23.2 Å². The van der Waals surface area contributed by atoms with E-state index in [1.807, 2.05) is 0 Å². The molecule has 144 valence electrons. The number of benzene rings is 1. The lowest BCUT2D eigenvalue weighted by Crippen LogP contribution is -2.52. The smallest absolute Gasteiger partial charge is 0.186 e. The van der Waals surface area contributed by atoms with Gasteiger partial charge in [-0.25, -0.2) is 4.39 Å². The molecule has 1 aromatic carbocycles. The van der Waals surface area contributed by atoms with Crippen LogP contribution in [0.5, 0.6) is 5.75 Å². The van der Waals surface area contributed by atoms with Crippen molar-refractivity contribution in [1.29, 1.82) is 0 Å². The van der Waals surface area contributed by atoms with Crippen molar-refractivity contribution in [2.45, 2.75) is 25.3 Å². The maximum atomic E-state index is 13.8. The highest BCUT2D eigenvalue weighted by Gasteiger charge is 2.29. The average Bonchev–Trinajstić information content (AvgIpc) is 2.60. The van der Waals surface area contributed by atoms with Gasteiger partial charge in [0.15, 0.2) is 23.4 Å². The van der Waals surface area contributed by atoms with Crippen LogP contribution in [-0.2, 0) is 22.1 Å². The van der Waals surface area contributed by atoms with Gasteiger partial charge in [-0.15, -0.1) is 0 Å². The molecule has 0 radical (unpaired) electrons. The summed E-state index contributed by atoms with van der Waals surface area (Å²) in [6.07, 6.45) is 2.05. The summed E-state index contributed by atoms with van der Waals surface area (Å²) in [6, 6.07) is 4.58. The summed E-state index contributed by atoms with van der Waals surface area (Å²) in [7, 11) is 1.94. The molecule has 1 aromatic rings. The van der Waals surface area contributed by atoms with Gasteiger partial charge in [0.05, 0.1) is 30.0 Å². The lowest BCUT2D eigenvalue weighted by Gasteiger charge is -2.34. The molecule has 2 N–H and O–H groups in total. The zero-order chi connectivity index (χ0) is 19.3. The van der Waals surface area contributed by atoms with Crippen molar-refractivity contribution in [3.63, 3.8) is 0 Å². The summed E-state index contributed by atoms with van der Waals surface area (Å²) in [6.45, 7) is 2.26. The van der Waals surface area contributed by atoms with Crippen molar-refractivity contribution in [3.05, 3.63) is 41.4 Å². The lowest BCUT2D eigenvalue weighted by atomic mass is 10.2. The second-order valence-corrected chi connectivity index (χ2v) is 7.13. The van der Waals surface area contributed by atoms with Crippen LogP contribution in [0, 0.1) is 5.82 Å². The van der Waals surface area contributed by atoms with E-state index in [1.165, 1.54) is 19.2 Å². The number of halogens is 1. The number of rotatable bonds is 7. The summed E-state index contributed by atoms with van der Waals surface area (Å²) in [4.78, 5) is 6.12. The molecule has 0 aliphatic carbocycles. The minimum absolute atomic E-state index is 0.160. The van der Waals surface area contributed by atoms with E-state index in [9.17, 15) is 13.7 Å². The molecule has 2 rings (SSSR count). The highest BCUT2D eigenvalue weighted by Crippen LogP contribution is 2.20. The lowest BCUT2D eigenvalue weighted by molar-refractivity contribution is -0.0646. The van der Waals surface area contributed by atoms with Gasteiger partial charge in [0.25, 0.3) is 0 Å². The van der Waals surface area contributed by atoms with Gasteiger partial charge in [-0.1, -0.05) is 6.07 Å². The number of hydrogen-bond acceptors (Lipinski definition) is 6. The molecule has 0 saturated carbocycles. The summed E-state index contributed by atoms with van der Waals surface area (Å²) in [5.74, 6) is 0.0484. The molecular formula is C17H24FN3O4S. The molecule has 26 heavy (non-hydrogen) atoms. The number of aliphatic hydroxyl groups excluding tert-OH is 1. The molecule has 0 aromatic heterocycles. The Morgan fingerprint density at radius 3 is 2.81 bits per heavy atom. The summed E-state index contributed by atoms with van der Waals surface area (Å²) < 4.78 is 35.9. The Labute approximate surface area is 155 Å². The molecule has 3 atom stereocenters. The van der Waals surface area contributed by atoms with Crippen molar-refractivity contribution in [2.24, 2.45) is 4.99 Å². The molecule has 1 heterocycles. The van der Waals surface area contributed by atoms with Crippen molar-refractivity contribution in [1.82, 2.24) is 10.2 Å². The number of nitrogens with one attached hydrogen (secondary N) is 1. The first kappa shape index (κ1) is 20.3. The van der Waals surface area contributed by atoms with Crippen LogP contribution in [0.25, 0.3) is 0 Å². The number of amidine groups is 1. The molecule has 1 aliphatic heterocycles. The summed E-state index contributed by atoms with van der Waals surface area (Å²) in [5, 5.41) is 13.3. The van der Waals surface area contributed by atoms with E-state index in [0.29, 0.717) is 23.6 Å². The normalized spacial score (nSPS) is 21.2. The number of nitrogens with zero attached hydrogens (tertiary/aromatic N) is 2. The second kappa shape index (κ2) is 9.11. The molecule has 3 unspecified atom stereocenters. The Morgan fingerprint density at radius 1 is 1.50 bits per heavy atom. The molecule has 1 aliphatic rings. The molecular weight excluding hydrogens is 361 g/mol. The monoisotopic (exact) mass is 385 g/mol. The average molecular weight is 385 g/mol. The van der Waals surface area contributed by atoms with Gasteiger partial charge < -0.3 is 24.8 Å². The quantitative estimate of drug-likeness (QED) is 0.686. The van der Waals surface area contributed by atoms with E-state index in [0.717, 1.165) is 0 Å². The highest BCUT2D eigenvalue weighted by molar-refractivity contribution is 7.84. The molecule has 0 amide bonds. The summed E-state index contributed by atoms with van der Waals surface area (Å²) >= 11 is 0. The number of ether oxygens (including phenoxy) is 2. The number of aliphatic imine (C=N–C) groups is 1. The molecule has 7 nitrogen and oxygen atoms in total. The maximum Gasteiger partial charge on any atom is 0.186 e. The van der Waals surface area contributed by atoms with Crippen LogP contribution in [0.4, 0.5) is 4.39 Å².